The maximum absolute atomic E-state index is 13.3. The minimum absolute atomic E-state index is 0.0227. The molecular weight excluding hydrogens is 382 g/mol. The number of fused-ring (bicyclic) bond motifs is 1. The molecule has 1 amide bonds. The Morgan fingerprint density at radius 3 is 1.90 bits per heavy atom. The monoisotopic (exact) mass is 419 g/mol. The van der Waals surface area contributed by atoms with Crippen LogP contribution in [0.25, 0.3) is 0 Å². The van der Waals surface area contributed by atoms with Crippen molar-refractivity contribution in [2.75, 3.05) is 12.4 Å². The Bertz CT molecular complexity index is 993. The summed E-state index contributed by atoms with van der Waals surface area (Å²) < 4.78 is 0. The van der Waals surface area contributed by atoms with E-state index in [-0.39, 0.29) is 5.91 Å². The third kappa shape index (κ3) is 4.00. The summed E-state index contributed by atoms with van der Waals surface area (Å²) >= 11 is 0. The van der Waals surface area contributed by atoms with Crippen molar-refractivity contribution in [1.29, 1.82) is 0 Å². The van der Waals surface area contributed by atoms with Gasteiger partial charge in [-0.05, 0) is 54.4 Å². The molecule has 1 N–H and O–H groups in total. The Hall–Kier alpha value is -2.62. The summed E-state index contributed by atoms with van der Waals surface area (Å²) in [5.41, 5.74) is 6.49. The van der Waals surface area contributed by atoms with Gasteiger partial charge in [-0.25, -0.2) is 0 Å². The maximum Gasteiger partial charge on any atom is 0.257 e. The standard InChI is InChI=1S/C27H37N3O/c1-16(2)20-12-10-13-21(17(3)4)24(20)28-19(7)27(8)29-25-22(18(5)6)14-11-15-23(25)26(31)30(27)9/h10-18,29H,1-9H3/t27-/m1/s1. The lowest BCUT2D eigenvalue weighted by atomic mass is 9.90. The van der Waals surface area contributed by atoms with E-state index in [1.54, 1.807) is 4.90 Å². The molecule has 0 saturated carbocycles. The third-order valence-corrected chi connectivity index (χ3v) is 6.62. The number of hydrogen-bond donors (Lipinski definition) is 1. The number of nitrogens with one attached hydrogen (secondary N) is 1. The maximum atomic E-state index is 13.3. The number of para-hydroxylation sites is 2. The van der Waals surface area contributed by atoms with Crippen LogP contribution in [0.3, 0.4) is 0 Å². The van der Waals surface area contributed by atoms with Crippen molar-refractivity contribution in [2.24, 2.45) is 4.99 Å². The van der Waals surface area contributed by atoms with Gasteiger partial charge in [-0.1, -0.05) is 71.9 Å². The second kappa shape index (κ2) is 8.49. The summed E-state index contributed by atoms with van der Waals surface area (Å²) in [4.78, 5) is 20.3. The van der Waals surface area contributed by atoms with Crippen molar-refractivity contribution in [3.63, 3.8) is 0 Å². The van der Waals surface area contributed by atoms with Crippen LogP contribution >= 0.6 is 0 Å². The summed E-state index contributed by atoms with van der Waals surface area (Å²) in [6.45, 7) is 17.2. The van der Waals surface area contributed by atoms with Crippen LogP contribution in [0.1, 0.15) is 100 Å². The van der Waals surface area contributed by atoms with Gasteiger partial charge in [0, 0.05) is 7.05 Å². The van der Waals surface area contributed by atoms with Crippen LogP contribution in [-0.2, 0) is 0 Å². The molecule has 0 aliphatic carbocycles. The van der Waals surface area contributed by atoms with Crippen LogP contribution in [0.2, 0.25) is 0 Å². The molecule has 0 fully saturated rings. The van der Waals surface area contributed by atoms with Gasteiger partial charge in [-0.2, -0.15) is 0 Å². The number of carbonyl (C=O) groups excluding carboxylic acids is 1. The lowest BCUT2D eigenvalue weighted by Gasteiger charge is -2.45. The van der Waals surface area contributed by atoms with Crippen LogP contribution in [0.4, 0.5) is 11.4 Å². The number of amides is 1. The molecule has 4 heteroatoms. The average molecular weight is 420 g/mol. The first kappa shape index (κ1) is 23.1. The summed E-state index contributed by atoms with van der Waals surface area (Å²) in [6.07, 6.45) is 0. The van der Waals surface area contributed by atoms with Crippen molar-refractivity contribution in [2.45, 2.75) is 78.8 Å². The molecule has 1 heterocycles. The van der Waals surface area contributed by atoms with Gasteiger partial charge < -0.3 is 10.2 Å². The van der Waals surface area contributed by atoms with E-state index in [2.05, 4.69) is 78.0 Å². The quantitative estimate of drug-likeness (QED) is 0.527. The largest absolute Gasteiger partial charge is 0.357 e. The first-order chi connectivity index (χ1) is 14.5. The average Bonchev–Trinajstić information content (AvgIpc) is 2.71. The molecule has 1 atom stereocenters. The van der Waals surface area contributed by atoms with Crippen molar-refractivity contribution in [3.05, 3.63) is 58.7 Å². The van der Waals surface area contributed by atoms with Gasteiger partial charge in [0.2, 0.25) is 0 Å². The molecule has 0 radical (unpaired) electrons. The highest BCUT2D eigenvalue weighted by Crippen LogP contribution is 2.39. The fourth-order valence-electron chi connectivity index (χ4n) is 4.33. The molecule has 1 aliphatic heterocycles. The zero-order chi connectivity index (χ0) is 23.1. The molecular formula is C27H37N3O. The fraction of sp³-hybridized carbons (Fsp3) is 0.481. The Balaban J connectivity index is 2.18. The number of carbonyl (C=O) groups is 1. The molecule has 31 heavy (non-hydrogen) atoms. The number of benzene rings is 2. The zero-order valence-electron chi connectivity index (χ0n) is 20.5. The van der Waals surface area contributed by atoms with Crippen LogP contribution in [-0.4, -0.2) is 29.2 Å². The molecule has 0 saturated heterocycles. The Labute approximate surface area is 187 Å². The van der Waals surface area contributed by atoms with Gasteiger partial charge in [0.1, 0.15) is 5.66 Å². The summed E-state index contributed by atoms with van der Waals surface area (Å²) in [6, 6.07) is 12.4. The van der Waals surface area contributed by atoms with Crippen LogP contribution in [0.15, 0.2) is 41.4 Å². The highest BCUT2D eigenvalue weighted by molar-refractivity contribution is 6.09. The molecule has 3 rings (SSSR count). The second-order valence-electron chi connectivity index (χ2n) is 9.78. The van der Waals surface area contributed by atoms with E-state index in [0.29, 0.717) is 17.8 Å². The predicted molar refractivity (Wildman–Crippen MR) is 132 cm³/mol. The number of anilines is 1. The molecule has 0 bridgehead atoms. The molecule has 0 aromatic heterocycles. The Kier molecular flexibility index (Phi) is 6.31. The first-order valence-electron chi connectivity index (χ1n) is 11.4. The fourth-order valence-corrected chi connectivity index (χ4v) is 4.33. The molecule has 0 unspecified atom stereocenters. The number of aliphatic imine (C=N–C) groups is 1. The minimum Gasteiger partial charge on any atom is -0.357 e. The second-order valence-corrected chi connectivity index (χ2v) is 9.78. The topological polar surface area (TPSA) is 44.7 Å². The predicted octanol–water partition coefficient (Wildman–Crippen LogP) is 7.06. The normalized spacial score (nSPS) is 19.3. The lowest BCUT2D eigenvalue weighted by Crippen LogP contribution is -2.60. The molecule has 4 nitrogen and oxygen atoms in total. The summed E-state index contributed by atoms with van der Waals surface area (Å²) in [7, 11) is 1.86. The van der Waals surface area contributed by atoms with E-state index in [1.165, 1.54) is 11.1 Å². The van der Waals surface area contributed by atoms with E-state index < -0.39 is 5.66 Å². The van der Waals surface area contributed by atoms with E-state index in [1.807, 2.05) is 26.1 Å². The first-order valence-corrected chi connectivity index (χ1v) is 11.4. The third-order valence-electron chi connectivity index (χ3n) is 6.62. The van der Waals surface area contributed by atoms with Crippen LogP contribution in [0.5, 0.6) is 0 Å². The summed E-state index contributed by atoms with van der Waals surface area (Å²) in [5, 5.41) is 3.70. The molecule has 2 aromatic carbocycles. The van der Waals surface area contributed by atoms with Gasteiger partial charge in [0.15, 0.2) is 0 Å². The molecule has 1 aliphatic rings. The van der Waals surface area contributed by atoms with Gasteiger partial charge in [0.05, 0.1) is 22.6 Å². The number of rotatable bonds is 5. The zero-order valence-corrected chi connectivity index (χ0v) is 20.5. The number of nitrogens with zero attached hydrogens (tertiary/aromatic N) is 2. The van der Waals surface area contributed by atoms with Gasteiger partial charge in [-0.3, -0.25) is 9.79 Å². The highest BCUT2D eigenvalue weighted by atomic mass is 16.2. The van der Waals surface area contributed by atoms with Crippen molar-refractivity contribution in [1.82, 2.24) is 4.90 Å². The molecule has 0 spiro atoms. The molecule has 166 valence electrons. The Morgan fingerprint density at radius 1 is 0.903 bits per heavy atom. The van der Waals surface area contributed by atoms with E-state index in [0.717, 1.165) is 28.2 Å². The number of hydrogen-bond acceptors (Lipinski definition) is 3. The smallest absolute Gasteiger partial charge is 0.257 e. The SMILES string of the molecule is CC(=Nc1c(C(C)C)cccc1C(C)C)[C@]1(C)Nc2c(cccc2C(C)C)C(=O)N1C. The van der Waals surface area contributed by atoms with E-state index in [4.69, 9.17) is 4.99 Å². The van der Waals surface area contributed by atoms with E-state index >= 15 is 0 Å². The van der Waals surface area contributed by atoms with Crippen molar-refractivity contribution >= 4 is 23.0 Å². The minimum atomic E-state index is -0.715. The van der Waals surface area contributed by atoms with Gasteiger partial charge in [0.25, 0.3) is 5.91 Å². The van der Waals surface area contributed by atoms with Crippen LogP contribution in [0, 0.1) is 0 Å². The highest BCUT2D eigenvalue weighted by Gasteiger charge is 2.42. The summed E-state index contributed by atoms with van der Waals surface area (Å²) in [5.74, 6) is 1.07. The van der Waals surface area contributed by atoms with Crippen molar-refractivity contribution < 1.29 is 4.79 Å². The van der Waals surface area contributed by atoms with Crippen molar-refractivity contribution in [3.8, 4) is 0 Å². The van der Waals surface area contributed by atoms with Gasteiger partial charge in [-0.15, -0.1) is 0 Å². The Morgan fingerprint density at radius 2 is 1.39 bits per heavy atom. The molecule has 2 aromatic rings. The van der Waals surface area contributed by atoms with Gasteiger partial charge >= 0.3 is 0 Å². The van der Waals surface area contributed by atoms with Crippen LogP contribution < -0.4 is 5.32 Å². The van der Waals surface area contributed by atoms with E-state index in [9.17, 15) is 4.79 Å². The lowest BCUT2D eigenvalue weighted by molar-refractivity contribution is 0.0701.